The predicted molar refractivity (Wildman–Crippen MR) is 94.9 cm³/mol. The van der Waals surface area contributed by atoms with E-state index in [2.05, 4.69) is 25.1 Å². The number of carbonyl (C=O) groups excluding carboxylic acids is 1. The van der Waals surface area contributed by atoms with Gasteiger partial charge in [0.25, 0.3) is 0 Å². The van der Waals surface area contributed by atoms with E-state index in [0.717, 1.165) is 38.5 Å². The number of piperazine rings is 1. The van der Waals surface area contributed by atoms with Gasteiger partial charge < -0.3 is 24.8 Å². The van der Waals surface area contributed by atoms with Gasteiger partial charge in [0.05, 0.1) is 38.5 Å². The molecule has 2 N–H and O–H groups in total. The number of carbonyl (C=O) groups is 1. The molecule has 3 heterocycles. The third-order valence-electron chi connectivity index (χ3n) is 4.64. The third kappa shape index (κ3) is 5.34. The van der Waals surface area contributed by atoms with E-state index in [1.807, 2.05) is 0 Å². The van der Waals surface area contributed by atoms with Gasteiger partial charge in [0.15, 0.2) is 0 Å². The fourth-order valence-corrected chi connectivity index (χ4v) is 3.27. The number of nitrogens with one attached hydrogen (secondary N) is 1. The maximum atomic E-state index is 12.4. The zero-order valence-corrected chi connectivity index (χ0v) is 14.9. The van der Waals surface area contributed by atoms with Gasteiger partial charge in [-0.15, -0.1) is 0 Å². The Morgan fingerprint density at radius 1 is 1.31 bits per heavy atom. The lowest BCUT2D eigenvalue weighted by Gasteiger charge is -2.35. The van der Waals surface area contributed by atoms with Crippen LogP contribution < -0.4 is 10.2 Å². The number of aliphatic hydroxyl groups is 1. The summed E-state index contributed by atoms with van der Waals surface area (Å²) in [7, 11) is 0. The van der Waals surface area contributed by atoms with E-state index >= 15 is 0 Å². The molecule has 0 aromatic carbocycles. The van der Waals surface area contributed by atoms with Crippen LogP contribution in [0.3, 0.4) is 0 Å². The average molecular weight is 365 g/mol. The number of hydrogen-bond acceptors (Lipinski definition) is 8. The Hall–Kier alpha value is -1.81. The number of aromatic nitrogens is 2. The van der Waals surface area contributed by atoms with Gasteiger partial charge in [-0.2, -0.15) is 0 Å². The number of ether oxygens (including phenoxy) is 2. The van der Waals surface area contributed by atoms with Gasteiger partial charge in [0, 0.05) is 45.2 Å². The summed E-state index contributed by atoms with van der Waals surface area (Å²) in [5.41, 5.74) is 0. The van der Waals surface area contributed by atoms with E-state index in [-0.39, 0.29) is 31.3 Å². The fraction of sp³-hybridized carbons (Fsp3) is 0.706. The first-order chi connectivity index (χ1) is 12.8. The highest BCUT2D eigenvalue weighted by Crippen LogP contribution is 2.13. The molecule has 2 aliphatic rings. The molecule has 1 amide bonds. The van der Waals surface area contributed by atoms with Crippen LogP contribution in [0.1, 0.15) is 6.42 Å². The molecule has 26 heavy (non-hydrogen) atoms. The molecular weight excluding hydrogens is 338 g/mol. The quantitative estimate of drug-likeness (QED) is 0.627. The Kier molecular flexibility index (Phi) is 7.13. The second-order valence-corrected chi connectivity index (χ2v) is 6.48. The van der Waals surface area contributed by atoms with Crippen molar-refractivity contribution in [2.75, 3.05) is 64.1 Å². The van der Waals surface area contributed by atoms with E-state index < -0.39 is 0 Å². The normalized spacial score (nSPS) is 24.4. The molecule has 0 saturated carbocycles. The highest BCUT2D eigenvalue weighted by atomic mass is 16.5. The molecule has 2 saturated heterocycles. The van der Waals surface area contributed by atoms with Crippen LogP contribution in [0.15, 0.2) is 18.5 Å². The largest absolute Gasteiger partial charge is 0.394 e. The maximum Gasteiger partial charge on any atom is 0.234 e. The minimum absolute atomic E-state index is 0.0204. The monoisotopic (exact) mass is 365 g/mol. The number of amides is 1. The van der Waals surface area contributed by atoms with Gasteiger partial charge in [-0.25, -0.2) is 9.97 Å². The minimum atomic E-state index is -0.165. The van der Waals surface area contributed by atoms with E-state index in [4.69, 9.17) is 14.6 Å². The van der Waals surface area contributed by atoms with Gasteiger partial charge in [-0.3, -0.25) is 9.69 Å². The van der Waals surface area contributed by atoms with Crippen molar-refractivity contribution in [3.05, 3.63) is 18.5 Å². The van der Waals surface area contributed by atoms with Crippen molar-refractivity contribution in [2.45, 2.75) is 18.6 Å². The summed E-state index contributed by atoms with van der Waals surface area (Å²) in [6, 6.07) is 1.64. The minimum Gasteiger partial charge on any atom is -0.394 e. The molecule has 1 aromatic heterocycles. The van der Waals surface area contributed by atoms with Crippen LogP contribution in [0.5, 0.6) is 0 Å². The van der Waals surface area contributed by atoms with E-state index in [0.29, 0.717) is 19.8 Å². The number of anilines is 1. The first-order valence-corrected chi connectivity index (χ1v) is 9.10. The summed E-state index contributed by atoms with van der Waals surface area (Å²) in [5.74, 6) is 0.710. The van der Waals surface area contributed by atoms with Crippen LogP contribution >= 0.6 is 0 Å². The molecule has 0 unspecified atom stereocenters. The van der Waals surface area contributed by atoms with Crippen molar-refractivity contribution in [3.63, 3.8) is 0 Å². The molecule has 1 aromatic rings. The standard InChI is InChI=1S/C17H27N5O4/c23-9-11-26-15-2-10-25-13-14(15)20-16(24)12-21-5-7-22(8-6-21)17-18-3-1-4-19-17/h1,3-4,14-15,23H,2,5-13H2,(H,20,24)/t14-,15+/m0/s1. The van der Waals surface area contributed by atoms with Gasteiger partial charge in [0.2, 0.25) is 11.9 Å². The highest BCUT2D eigenvalue weighted by Gasteiger charge is 2.29. The summed E-state index contributed by atoms with van der Waals surface area (Å²) in [5, 5.41) is 11.9. The van der Waals surface area contributed by atoms with Crippen LogP contribution in [0, 0.1) is 0 Å². The second-order valence-electron chi connectivity index (χ2n) is 6.48. The van der Waals surface area contributed by atoms with Crippen LogP contribution in [-0.2, 0) is 14.3 Å². The van der Waals surface area contributed by atoms with Gasteiger partial charge in [-0.1, -0.05) is 0 Å². The van der Waals surface area contributed by atoms with E-state index in [1.54, 1.807) is 18.5 Å². The Balaban J connectivity index is 1.42. The molecule has 2 aliphatic heterocycles. The number of nitrogens with zero attached hydrogens (tertiary/aromatic N) is 4. The number of rotatable bonds is 7. The zero-order chi connectivity index (χ0) is 18.2. The lowest BCUT2D eigenvalue weighted by Crippen LogP contribution is -2.55. The van der Waals surface area contributed by atoms with Crippen LogP contribution in [0.2, 0.25) is 0 Å². The Morgan fingerprint density at radius 2 is 2.08 bits per heavy atom. The molecule has 3 rings (SSSR count). The van der Waals surface area contributed by atoms with Crippen molar-refractivity contribution < 1.29 is 19.4 Å². The molecule has 9 nitrogen and oxygen atoms in total. The van der Waals surface area contributed by atoms with Crippen molar-refractivity contribution in [3.8, 4) is 0 Å². The molecular formula is C17H27N5O4. The van der Waals surface area contributed by atoms with Gasteiger partial charge in [-0.05, 0) is 12.5 Å². The molecule has 0 spiro atoms. The van der Waals surface area contributed by atoms with Gasteiger partial charge >= 0.3 is 0 Å². The summed E-state index contributed by atoms with van der Waals surface area (Å²) in [6.45, 7) is 4.85. The lowest BCUT2D eigenvalue weighted by molar-refractivity contribution is -0.127. The van der Waals surface area contributed by atoms with Crippen LogP contribution in [0.25, 0.3) is 0 Å². The van der Waals surface area contributed by atoms with Crippen LogP contribution in [-0.4, -0.2) is 97.2 Å². The molecule has 0 radical (unpaired) electrons. The fourth-order valence-electron chi connectivity index (χ4n) is 3.27. The highest BCUT2D eigenvalue weighted by molar-refractivity contribution is 5.78. The average Bonchev–Trinajstić information content (AvgIpc) is 2.68. The molecule has 0 bridgehead atoms. The summed E-state index contributed by atoms with van der Waals surface area (Å²) >= 11 is 0. The lowest BCUT2D eigenvalue weighted by atomic mass is 10.1. The number of aliphatic hydroxyl groups excluding tert-OH is 1. The molecule has 2 atom stereocenters. The first kappa shape index (κ1) is 19.0. The summed E-state index contributed by atoms with van der Waals surface area (Å²) in [4.78, 5) is 25.2. The third-order valence-corrected chi connectivity index (χ3v) is 4.64. The van der Waals surface area contributed by atoms with Gasteiger partial charge in [0.1, 0.15) is 0 Å². The van der Waals surface area contributed by atoms with Crippen LogP contribution in [0.4, 0.5) is 5.95 Å². The predicted octanol–water partition coefficient (Wildman–Crippen LogP) is -1.12. The first-order valence-electron chi connectivity index (χ1n) is 9.10. The topological polar surface area (TPSA) is 100 Å². The number of hydrogen-bond donors (Lipinski definition) is 2. The molecule has 144 valence electrons. The van der Waals surface area contributed by atoms with E-state index in [9.17, 15) is 4.79 Å². The summed E-state index contributed by atoms with van der Waals surface area (Å²) < 4.78 is 11.1. The SMILES string of the molecule is O=C(CN1CCN(c2ncccn2)CC1)N[C@H]1COCC[C@H]1OCCO. The summed E-state index contributed by atoms with van der Waals surface area (Å²) in [6.07, 6.45) is 4.10. The molecule has 0 aliphatic carbocycles. The van der Waals surface area contributed by atoms with Crippen molar-refractivity contribution >= 4 is 11.9 Å². The Morgan fingerprint density at radius 3 is 2.81 bits per heavy atom. The zero-order valence-electron chi connectivity index (χ0n) is 14.9. The Labute approximate surface area is 153 Å². The molecule has 9 heteroatoms. The smallest absolute Gasteiger partial charge is 0.234 e. The maximum absolute atomic E-state index is 12.4. The van der Waals surface area contributed by atoms with Crippen molar-refractivity contribution in [1.29, 1.82) is 0 Å². The second kappa shape index (κ2) is 9.77. The molecule has 2 fully saturated rings. The Bertz CT molecular complexity index is 553. The van der Waals surface area contributed by atoms with Crippen molar-refractivity contribution in [1.82, 2.24) is 20.2 Å². The van der Waals surface area contributed by atoms with E-state index in [1.165, 1.54) is 0 Å². The van der Waals surface area contributed by atoms with Crippen molar-refractivity contribution in [2.24, 2.45) is 0 Å².